The van der Waals surface area contributed by atoms with Crippen LogP contribution in [0.2, 0.25) is 5.02 Å². The summed E-state index contributed by atoms with van der Waals surface area (Å²) in [6, 6.07) is 2.83. The maximum Gasteiger partial charge on any atom is 0.149 e. The first-order valence-corrected chi connectivity index (χ1v) is 7.78. The highest BCUT2D eigenvalue weighted by Gasteiger charge is 2.19. The van der Waals surface area contributed by atoms with Crippen LogP contribution < -0.4 is 10.2 Å². The first-order chi connectivity index (χ1) is 10.0. The molecule has 0 saturated carbocycles. The molecule has 1 aromatic rings. The van der Waals surface area contributed by atoms with E-state index in [1.165, 1.54) is 6.07 Å². The molecule has 0 spiro atoms. The SMILES string of the molecule is CC(C)Oc1cc(NN2CCCCN2C=S)c(F)cc1Cl. The summed E-state index contributed by atoms with van der Waals surface area (Å²) >= 11 is 11.0. The number of halogens is 2. The van der Waals surface area contributed by atoms with Gasteiger partial charge in [-0.15, -0.1) is 5.12 Å². The zero-order chi connectivity index (χ0) is 15.4. The number of rotatable bonds is 5. The van der Waals surface area contributed by atoms with Crippen LogP contribution in [0.3, 0.4) is 0 Å². The van der Waals surface area contributed by atoms with Crippen LogP contribution in [-0.2, 0) is 0 Å². The van der Waals surface area contributed by atoms with Gasteiger partial charge in [-0.1, -0.05) is 23.8 Å². The van der Waals surface area contributed by atoms with Crippen LogP contribution in [0, 0.1) is 5.82 Å². The van der Waals surface area contributed by atoms with Crippen molar-refractivity contribution < 1.29 is 9.13 Å². The van der Waals surface area contributed by atoms with Gasteiger partial charge < -0.3 is 4.74 Å². The second-order valence-electron chi connectivity index (χ2n) is 5.14. The number of nitrogens with one attached hydrogen (secondary N) is 1. The number of thiocarbonyl (C=S) groups is 1. The lowest BCUT2D eigenvalue weighted by Gasteiger charge is -2.37. The number of nitrogens with zero attached hydrogens (tertiary/aromatic N) is 2. The molecule has 1 aliphatic rings. The molecule has 1 N–H and O–H groups in total. The number of hydrogen-bond donors (Lipinski definition) is 1. The maximum atomic E-state index is 14.1. The Labute approximate surface area is 134 Å². The van der Waals surface area contributed by atoms with Crippen LogP contribution >= 0.6 is 23.8 Å². The van der Waals surface area contributed by atoms with Crippen LogP contribution in [0.25, 0.3) is 0 Å². The molecule has 0 atom stereocenters. The van der Waals surface area contributed by atoms with E-state index in [0.717, 1.165) is 25.9 Å². The van der Waals surface area contributed by atoms with E-state index in [1.54, 1.807) is 11.6 Å². The molecule has 2 rings (SSSR count). The Morgan fingerprint density at radius 3 is 2.76 bits per heavy atom. The summed E-state index contributed by atoms with van der Waals surface area (Å²) in [5.74, 6) is 0.0347. The summed E-state index contributed by atoms with van der Waals surface area (Å²) in [6.45, 7) is 5.37. The average Bonchev–Trinajstić information content (AvgIpc) is 2.44. The van der Waals surface area contributed by atoms with Crippen molar-refractivity contribution in [2.75, 3.05) is 18.5 Å². The first kappa shape index (κ1) is 16.3. The fourth-order valence-corrected chi connectivity index (χ4v) is 2.53. The molecular formula is C14H19ClFN3OS. The quantitative estimate of drug-likeness (QED) is 0.827. The molecule has 1 aromatic carbocycles. The van der Waals surface area contributed by atoms with Crippen LogP contribution in [0.4, 0.5) is 10.1 Å². The number of anilines is 1. The van der Waals surface area contributed by atoms with Gasteiger partial charge >= 0.3 is 0 Å². The second-order valence-corrected chi connectivity index (χ2v) is 5.76. The summed E-state index contributed by atoms with van der Waals surface area (Å²) in [5, 5.41) is 3.93. The Morgan fingerprint density at radius 1 is 1.38 bits per heavy atom. The van der Waals surface area contributed by atoms with Gasteiger partial charge in [-0.3, -0.25) is 10.4 Å². The molecule has 0 bridgehead atoms. The lowest BCUT2D eigenvalue weighted by Crippen LogP contribution is -2.49. The van der Waals surface area contributed by atoms with Gasteiger partial charge in [-0.2, -0.15) is 0 Å². The van der Waals surface area contributed by atoms with Crippen molar-refractivity contribution in [3.05, 3.63) is 23.0 Å². The van der Waals surface area contributed by atoms with E-state index < -0.39 is 5.82 Å². The van der Waals surface area contributed by atoms with Crippen molar-refractivity contribution in [3.8, 4) is 5.75 Å². The van der Waals surface area contributed by atoms with Crippen molar-refractivity contribution >= 4 is 35.0 Å². The summed E-state index contributed by atoms with van der Waals surface area (Å²) in [4.78, 5) is 0. The van der Waals surface area contributed by atoms with E-state index in [4.69, 9.17) is 28.6 Å². The highest BCUT2D eigenvalue weighted by atomic mass is 35.5. The van der Waals surface area contributed by atoms with Crippen molar-refractivity contribution in [1.82, 2.24) is 10.1 Å². The topological polar surface area (TPSA) is 27.7 Å². The molecule has 0 unspecified atom stereocenters. The van der Waals surface area contributed by atoms with E-state index in [-0.39, 0.29) is 11.1 Å². The van der Waals surface area contributed by atoms with E-state index in [0.29, 0.717) is 11.4 Å². The average molecular weight is 332 g/mol. The Hall–Kier alpha value is -1.11. The number of hydrazine groups is 2. The molecule has 1 fully saturated rings. The second kappa shape index (κ2) is 7.24. The van der Waals surface area contributed by atoms with E-state index in [9.17, 15) is 4.39 Å². The Balaban J connectivity index is 2.20. The van der Waals surface area contributed by atoms with Gasteiger partial charge in [0.2, 0.25) is 0 Å². The van der Waals surface area contributed by atoms with Crippen molar-refractivity contribution in [3.63, 3.8) is 0 Å². The van der Waals surface area contributed by atoms with Gasteiger partial charge in [0.05, 0.1) is 22.3 Å². The van der Waals surface area contributed by atoms with Crippen LogP contribution in [0.5, 0.6) is 5.75 Å². The molecule has 1 aliphatic heterocycles. The fourth-order valence-electron chi connectivity index (χ4n) is 2.11. The molecule has 1 heterocycles. The normalized spacial score (nSPS) is 16.1. The van der Waals surface area contributed by atoms with E-state index >= 15 is 0 Å². The lowest BCUT2D eigenvalue weighted by atomic mass is 10.2. The zero-order valence-corrected chi connectivity index (χ0v) is 13.7. The molecular weight excluding hydrogens is 313 g/mol. The Kier molecular flexibility index (Phi) is 5.61. The minimum absolute atomic E-state index is 0.0340. The summed E-state index contributed by atoms with van der Waals surface area (Å²) < 4.78 is 19.7. The third-order valence-corrected chi connectivity index (χ3v) is 3.61. The summed E-state index contributed by atoms with van der Waals surface area (Å²) in [6.07, 6.45) is 2.06. The minimum Gasteiger partial charge on any atom is -0.489 e. The number of benzene rings is 1. The largest absolute Gasteiger partial charge is 0.489 e. The molecule has 1 saturated heterocycles. The van der Waals surface area contributed by atoms with Gasteiger partial charge in [0, 0.05) is 19.2 Å². The highest BCUT2D eigenvalue weighted by molar-refractivity contribution is 7.78. The molecule has 7 heteroatoms. The summed E-state index contributed by atoms with van der Waals surface area (Å²) in [5.41, 5.74) is 4.92. The smallest absolute Gasteiger partial charge is 0.149 e. The minimum atomic E-state index is -0.425. The molecule has 21 heavy (non-hydrogen) atoms. The predicted octanol–water partition coefficient (Wildman–Crippen LogP) is 3.86. The van der Waals surface area contributed by atoms with Crippen LogP contribution in [-0.4, -0.2) is 34.8 Å². The van der Waals surface area contributed by atoms with Gasteiger partial charge in [-0.25, -0.2) is 4.39 Å². The Bertz CT molecular complexity index is 515. The third kappa shape index (κ3) is 4.18. The predicted molar refractivity (Wildman–Crippen MR) is 87.1 cm³/mol. The van der Waals surface area contributed by atoms with Gasteiger partial charge in [0.25, 0.3) is 0 Å². The molecule has 0 radical (unpaired) electrons. The van der Waals surface area contributed by atoms with Crippen LogP contribution in [0.15, 0.2) is 12.1 Å². The first-order valence-electron chi connectivity index (χ1n) is 6.93. The van der Waals surface area contributed by atoms with Crippen LogP contribution in [0.1, 0.15) is 26.7 Å². The number of ether oxygens (including phenoxy) is 1. The number of hydrogen-bond acceptors (Lipinski definition) is 4. The van der Waals surface area contributed by atoms with Crippen molar-refractivity contribution in [1.29, 1.82) is 0 Å². The fraction of sp³-hybridized carbons (Fsp3) is 0.500. The Morgan fingerprint density at radius 2 is 2.10 bits per heavy atom. The van der Waals surface area contributed by atoms with Gasteiger partial charge in [-0.05, 0) is 32.8 Å². The summed E-state index contributed by atoms with van der Waals surface area (Å²) in [7, 11) is 0. The molecule has 4 nitrogen and oxygen atoms in total. The standard InChI is InChI=1S/C14H19ClFN3OS/c1-10(2)20-14-8-13(12(16)7-11(14)15)17-19-6-4-3-5-18(19)9-21/h7-10,17H,3-6H2,1-2H3. The van der Waals surface area contributed by atoms with Crippen molar-refractivity contribution in [2.45, 2.75) is 32.8 Å². The molecule has 116 valence electrons. The third-order valence-electron chi connectivity index (χ3n) is 3.07. The molecule has 0 aromatic heterocycles. The lowest BCUT2D eigenvalue weighted by molar-refractivity contribution is 0.0504. The molecule has 0 aliphatic carbocycles. The monoisotopic (exact) mass is 331 g/mol. The van der Waals surface area contributed by atoms with Gasteiger partial charge in [0.1, 0.15) is 11.6 Å². The highest BCUT2D eigenvalue weighted by Crippen LogP contribution is 2.31. The van der Waals surface area contributed by atoms with Gasteiger partial charge in [0.15, 0.2) is 0 Å². The maximum absolute atomic E-state index is 14.1. The van der Waals surface area contributed by atoms with E-state index in [2.05, 4.69) is 5.43 Å². The van der Waals surface area contributed by atoms with Crippen molar-refractivity contribution in [2.24, 2.45) is 0 Å². The van der Waals surface area contributed by atoms with E-state index in [1.807, 2.05) is 24.0 Å². The zero-order valence-electron chi connectivity index (χ0n) is 12.1. The molecule has 0 amide bonds.